The standard InChI is InChI=1S/C38H57N5O5/c1-2-11-32(41-37(47)29(24-27-12-5-3-6-13-27)26-35(45)43-22-19-30(39)20-23-43)38(48)42-33(25-28-14-7-4-8-15-28)36(46)34(44)18-17-31-16-9-10-21-40-31/h3,5-6,9-10,12-13,16,21,28-30,32-34,36,44,46H,2,4,7-8,11,14-15,17-20,22-26,39H2,1H3,(H,41,47)(H,42,48)/t29-,32+,33+,34+,36-/m1/s1. The van der Waals surface area contributed by atoms with E-state index in [9.17, 15) is 24.6 Å². The van der Waals surface area contributed by atoms with Crippen molar-refractivity contribution in [2.45, 2.75) is 127 Å². The molecule has 1 aliphatic carbocycles. The predicted molar refractivity (Wildman–Crippen MR) is 187 cm³/mol. The lowest BCUT2D eigenvalue weighted by Gasteiger charge is -2.33. The Morgan fingerprint density at radius 1 is 0.917 bits per heavy atom. The molecule has 0 spiro atoms. The highest BCUT2D eigenvalue weighted by atomic mass is 16.3. The van der Waals surface area contributed by atoms with Crippen LogP contribution < -0.4 is 16.4 Å². The number of hydrogen-bond acceptors (Lipinski definition) is 7. The van der Waals surface area contributed by atoms with Crippen molar-refractivity contribution in [2.75, 3.05) is 13.1 Å². The number of pyridine rings is 1. The number of nitrogens with two attached hydrogens (primary N) is 1. The second kappa shape index (κ2) is 19.6. The molecule has 0 radical (unpaired) electrons. The quantitative estimate of drug-likeness (QED) is 0.173. The third-order valence-electron chi connectivity index (χ3n) is 10.1. The molecule has 10 heteroatoms. The van der Waals surface area contributed by atoms with Gasteiger partial charge >= 0.3 is 0 Å². The normalized spacial score (nSPS) is 19.1. The van der Waals surface area contributed by atoms with Crippen LogP contribution in [0, 0.1) is 11.8 Å². The van der Waals surface area contributed by atoms with Crippen LogP contribution in [-0.4, -0.2) is 81.2 Å². The summed E-state index contributed by atoms with van der Waals surface area (Å²) < 4.78 is 0. The fourth-order valence-corrected chi connectivity index (χ4v) is 7.12. The van der Waals surface area contributed by atoms with E-state index in [0.717, 1.165) is 49.8 Å². The number of aliphatic hydroxyl groups is 2. The van der Waals surface area contributed by atoms with Gasteiger partial charge in [-0.05, 0) is 68.6 Å². The molecule has 2 heterocycles. The molecule has 1 aliphatic heterocycles. The molecule has 48 heavy (non-hydrogen) atoms. The maximum atomic E-state index is 13.9. The van der Waals surface area contributed by atoms with Crippen LogP contribution in [0.1, 0.15) is 95.2 Å². The summed E-state index contributed by atoms with van der Waals surface area (Å²) in [5, 5.41) is 28.5. The first-order valence-electron chi connectivity index (χ1n) is 18.2. The highest BCUT2D eigenvalue weighted by molar-refractivity contribution is 5.91. The van der Waals surface area contributed by atoms with Crippen molar-refractivity contribution in [3.63, 3.8) is 0 Å². The highest BCUT2D eigenvalue weighted by Crippen LogP contribution is 2.29. The van der Waals surface area contributed by atoms with Gasteiger partial charge in [-0.25, -0.2) is 0 Å². The molecule has 0 bridgehead atoms. The molecule has 5 atom stereocenters. The Morgan fingerprint density at radius 2 is 1.62 bits per heavy atom. The molecule has 2 fully saturated rings. The predicted octanol–water partition coefficient (Wildman–Crippen LogP) is 3.67. The average molecular weight is 664 g/mol. The van der Waals surface area contributed by atoms with E-state index < -0.39 is 30.2 Å². The van der Waals surface area contributed by atoms with Crippen LogP contribution in [0.15, 0.2) is 54.7 Å². The van der Waals surface area contributed by atoms with Crippen LogP contribution >= 0.6 is 0 Å². The van der Waals surface area contributed by atoms with Crippen LogP contribution in [-0.2, 0) is 27.2 Å². The monoisotopic (exact) mass is 663 g/mol. The van der Waals surface area contributed by atoms with E-state index in [4.69, 9.17) is 5.73 Å². The van der Waals surface area contributed by atoms with E-state index in [-0.39, 0.29) is 30.2 Å². The van der Waals surface area contributed by atoms with Gasteiger partial charge in [0.1, 0.15) is 12.1 Å². The third-order valence-corrected chi connectivity index (χ3v) is 10.1. The highest BCUT2D eigenvalue weighted by Gasteiger charge is 2.34. The molecule has 2 aromatic rings. The number of carbonyl (C=O) groups is 3. The van der Waals surface area contributed by atoms with Gasteiger partial charge in [0.2, 0.25) is 17.7 Å². The number of aliphatic hydroxyl groups excluding tert-OH is 2. The van der Waals surface area contributed by atoms with E-state index in [2.05, 4.69) is 15.6 Å². The molecule has 3 amide bonds. The van der Waals surface area contributed by atoms with E-state index >= 15 is 0 Å². The molecular weight excluding hydrogens is 606 g/mol. The summed E-state index contributed by atoms with van der Waals surface area (Å²) in [6.07, 6.45) is 9.28. The second-order valence-electron chi connectivity index (χ2n) is 13.9. The minimum Gasteiger partial charge on any atom is -0.390 e. The van der Waals surface area contributed by atoms with Gasteiger partial charge in [-0.15, -0.1) is 0 Å². The largest absolute Gasteiger partial charge is 0.390 e. The van der Waals surface area contributed by atoms with Gasteiger partial charge in [0, 0.05) is 37.4 Å². The molecule has 264 valence electrons. The van der Waals surface area contributed by atoms with Crippen molar-refractivity contribution in [1.29, 1.82) is 0 Å². The van der Waals surface area contributed by atoms with Gasteiger partial charge in [0.25, 0.3) is 0 Å². The van der Waals surface area contributed by atoms with E-state index in [1.165, 1.54) is 6.42 Å². The number of carbonyl (C=O) groups excluding carboxylic acids is 3. The molecule has 6 N–H and O–H groups in total. The number of aryl methyl sites for hydroxylation is 1. The number of nitrogens with zero attached hydrogens (tertiary/aromatic N) is 2. The Morgan fingerprint density at radius 3 is 2.29 bits per heavy atom. The summed E-state index contributed by atoms with van der Waals surface area (Å²) >= 11 is 0. The average Bonchev–Trinajstić information content (AvgIpc) is 3.11. The number of rotatable bonds is 17. The van der Waals surface area contributed by atoms with Crippen molar-refractivity contribution in [2.24, 2.45) is 17.6 Å². The number of likely N-dealkylation sites (tertiary alicyclic amines) is 1. The van der Waals surface area contributed by atoms with Crippen molar-refractivity contribution < 1.29 is 24.6 Å². The number of hydrogen-bond donors (Lipinski definition) is 5. The lowest BCUT2D eigenvalue weighted by atomic mass is 9.82. The molecule has 2 aliphatic rings. The van der Waals surface area contributed by atoms with Crippen LogP contribution in [0.2, 0.25) is 0 Å². The Hall–Kier alpha value is -3.34. The lowest BCUT2D eigenvalue weighted by molar-refractivity contribution is -0.138. The number of piperidine rings is 1. The minimum absolute atomic E-state index is 0.0436. The molecule has 1 aromatic heterocycles. The van der Waals surface area contributed by atoms with Crippen LogP contribution in [0.3, 0.4) is 0 Å². The molecular formula is C38H57N5O5. The Labute approximate surface area is 286 Å². The first-order chi connectivity index (χ1) is 23.2. The lowest BCUT2D eigenvalue weighted by Crippen LogP contribution is -2.56. The summed E-state index contributed by atoms with van der Waals surface area (Å²) in [4.78, 5) is 47.2. The molecule has 1 saturated heterocycles. The van der Waals surface area contributed by atoms with Crippen molar-refractivity contribution in [3.05, 3.63) is 66.0 Å². The molecule has 1 aromatic carbocycles. The summed E-state index contributed by atoms with van der Waals surface area (Å²) in [6, 6.07) is 13.8. The maximum absolute atomic E-state index is 13.9. The number of aromatic nitrogens is 1. The number of amides is 3. The van der Waals surface area contributed by atoms with Crippen molar-refractivity contribution in [1.82, 2.24) is 20.5 Å². The van der Waals surface area contributed by atoms with Crippen molar-refractivity contribution >= 4 is 17.7 Å². The zero-order chi connectivity index (χ0) is 34.3. The van der Waals surface area contributed by atoms with Crippen LogP contribution in [0.4, 0.5) is 0 Å². The van der Waals surface area contributed by atoms with Gasteiger partial charge in [0.05, 0.1) is 18.1 Å². The molecule has 1 saturated carbocycles. The summed E-state index contributed by atoms with van der Waals surface area (Å²) in [6.45, 7) is 3.12. The van der Waals surface area contributed by atoms with Gasteiger partial charge in [-0.2, -0.15) is 0 Å². The number of nitrogens with one attached hydrogen (secondary N) is 2. The van der Waals surface area contributed by atoms with E-state index in [1.807, 2.05) is 55.5 Å². The third kappa shape index (κ3) is 12.0. The zero-order valence-corrected chi connectivity index (χ0v) is 28.6. The Balaban J connectivity index is 1.45. The van der Waals surface area contributed by atoms with Gasteiger partial charge in [0.15, 0.2) is 0 Å². The summed E-state index contributed by atoms with van der Waals surface area (Å²) in [5.41, 5.74) is 7.82. The van der Waals surface area contributed by atoms with Gasteiger partial charge in [-0.3, -0.25) is 19.4 Å². The molecule has 4 rings (SSSR count). The second-order valence-corrected chi connectivity index (χ2v) is 13.9. The van der Waals surface area contributed by atoms with E-state index in [0.29, 0.717) is 57.5 Å². The molecule has 10 nitrogen and oxygen atoms in total. The zero-order valence-electron chi connectivity index (χ0n) is 28.6. The summed E-state index contributed by atoms with van der Waals surface area (Å²) in [5.74, 6) is -1.11. The van der Waals surface area contributed by atoms with E-state index in [1.54, 1.807) is 11.1 Å². The Kier molecular flexibility index (Phi) is 15.3. The van der Waals surface area contributed by atoms with Gasteiger partial charge < -0.3 is 31.5 Å². The molecule has 0 unspecified atom stereocenters. The topological polar surface area (TPSA) is 158 Å². The van der Waals surface area contributed by atoms with Crippen molar-refractivity contribution in [3.8, 4) is 0 Å². The fraction of sp³-hybridized carbons (Fsp3) is 0.632. The van der Waals surface area contributed by atoms with Gasteiger partial charge in [-0.1, -0.05) is 81.8 Å². The first kappa shape index (κ1) is 37.5. The number of benzene rings is 1. The SMILES string of the molecule is CCC[C@H](NC(=O)[C@@H](CC(=O)N1CCC(N)CC1)Cc1ccccc1)C(=O)N[C@@H](CC1CCCCC1)[C@@H](O)[C@@H](O)CCc1ccccn1. The maximum Gasteiger partial charge on any atom is 0.242 e. The van der Waals surface area contributed by atoms with Crippen LogP contribution in [0.5, 0.6) is 0 Å². The summed E-state index contributed by atoms with van der Waals surface area (Å²) in [7, 11) is 0. The Bertz CT molecular complexity index is 1250. The van der Waals surface area contributed by atoms with Crippen LogP contribution in [0.25, 0.3) is 0 Å². The smallest absolute Gasteiger partial charge is 0.242 e. The fourth-order valence-electron chi connectivity index (χ4n) is 7.12. The first-order valence-corrected chi connectivity index (χ1v) is 18.2. The minimum atomic E-state index is -1.17.